The van der Waals surface area contributed by atoms with Crippen molar-refractivity contribution in [1.29, 1.82) is 0 Å². The van der Waals surface area contributed by atoms with Crippen LogP contribution in [0.4, 0.5) is 0 Å². The predicted octanol–water partition coefficient (Wildman–Crippen LogP) is 7.13. The zero-order valence-electron chi connectivity index (χ0n) is 21.7. The Labute approximate surface area is 230 Å². The van der Waals surface area contributed by atoms with Gasteiger partial charge in [0.2, 0.25) is 6.26 Å². The largest absolute Gasteiger partial charge is 0.508 e. The van der Waals surface area contributed by atoms with Crippen LogP contribution in [0.3, 0.4) is 0 Å². The number of hydrogen-bond acceptors (Lipinski definition) is 8. The number of aromatic hydroxyl groups is 2. The zero-order valence-corrected chi connectivity index (χ0v) is 21.7. The van der Waals surface area contributed by atoms with E-state index >= 15 is 0 Å². The summed E-state index contributed by atoms with van der Waals surface area (Å²) in [5.74, 6) is 1.09. The summed E-state index contributed by atoms with van der Waals surface area (Å²) in [7, 11) is 3.19. The molecule has 0 amide bonds. The van der Waals surface area contributed by atoms with Gasteiger partial charge in [0, 0.05) is 19.6 Å². The van der Waals surface area contributed by atoms with Crippen LogP contribution in [0.5, 0.6) is 17.2 Å². The lowest BCUT2D eigenvalue weighted by Crippen LogP contribution is -2.04. The smallest absolute Gasteiger partial charge is 0.309 e. The minimum Gasteiger partial charge on any atom is -0.508 e. The molecular weight excluding hydrogens is 510 g/mol. The average molecular weight is 537 g/mol. The lowest BCUT2D eigenvalue weighted by atomic mass is 9.97. The Kier molecular flexibility index (Phi) is 7.75. The summed E-state index contributed by atoms with van der Waals surface area (Å²) in [5.41, 5.74) is 7.13. The standard InChI is InChI=1S/C17H16O4.C15H9NO3/c1-19-17(20-2)15-8-7-13(14-9-10-21-16(14)15)11-3-5-12(18)6-4-11;17-12-4-1-10(2-5-12)13-6-3-11(9-16-18)15-14(13)7-8-19-15/h3-10,17-18H,1-2H3;1-7,9H,(H-,16,17,18)/p+1. The summed E-state index contributed by atoms with van der Waals surface area (Å²) in [4.78, 5) is 0. The first-order valence-electron chi connectivity index (χ1n) is 12.3. The number of benzene rings is 4. The molecule has 6 rings (SSSR count). The predicted molar refractivity (Wildman–Crippen MR) is 151 cm³/mol. The van der Waals surface area contributed by atoms with E-state index in [1.807, 2.05) is 54.6 Å². The molecular formula is C32H26NO7+. The van der Waals surface area contributed by atoms with Crippen LogP contribution in [0.15, 0.2) is 94.7 Å². The van der Waals surface area contributed by atoms with Gasteiger partial charge in [0.05, 0.1) is 23.6 Å². The van der Waals surface area contributed by atoms with Gasteiger partial charge in [-0.05, 0) is 77.4 Å². The monoisotopic (exact) mass is 536 g/mol. The normalized spacial score (nSPS) is 11.8. The number of ether oxygens (including phenoxy) is 3. The Morgan fingerprint density at radius 3 is 2.05 bits per heavy atom. The van der Waals surface area contributed by atoms with Crippen molar-refractivity contribution in [3.05, 3.63) is 108 Å². The van der Waals surface area contributed by atoms with Crippen LogP contribution in [0, 0.1) is 6.26 Å². The number of nitrogens with zero attached hydrogens (tertiary/aromatic N) is 1. The van der Waals surface area contributed by atoms with Crippen LogP contribution in [0.1, 0.15) is 23.0 Å². The maximum atomic E-state index is 9.41. The highest BCUT2D eigenvalue weighted by Crippen LogP contribution is 2.38. The van der Waals surface area contributed by atoms with Crippen molar-refractivity contribution in [2.24, 2.45) is 5.16 Å². The SMILES string of the molecule is COC(OC)c1ccc(-c2ccc(O)cc2)c2ccoc12.O/N=C/c1ccc(-c2ccc(O)cc2)c2c1O[C+]=C2. The van der Waals surface area contributed by atoms with E-state index in [0.717, 1.165) is 44.3 Å². The van der Waals surface area contributed by atoms with Crippen molar-refractivity contribution in [3.63, 3.8) is 0 Å². The fraction of sp³-hybridized carbons (Fsp3) is 0.0938. The molecule has 0 aliphatic carbocycles. The summed E-state index contributed by atoms with van der Waals surface area (Å²) >= 11 is 0. The first-order chi connectivity index (χ1) is 19.5. The number of furan rings is 1. The van der Waals surface area contributed by atoms with E-state index in [0.29, 0.717) is 11.3 Å². The Morgan fingerprint density at radius 2 is 1.43 bits per heavy atom. The topological polar surface area (TPSA) is 114 Å². The van der Waals surface area contributed by atoms with Crippen LogP contribution in [-0.4, -0.2) is 35.9 Å². The van der Waals surface area contributed by atoms with Crippen molar-refractivity contribution in [1.82, 2.24) is 0 Å². The van der Waals surface area contributed by atoms with Gasteiger partial charge >= 0.3 is 5.75 Å². The van der Waals surface area contributed by atoms with E-state index in [4.69, 9.17) is 23.8 Å². The molecule has 0 atom stereocenters. The molecule has 200 valence electrons. The highest BCUT2D eigenvalue weighted by atomic mass is 16.7. The highest BCUT2D eigenvalue weighted by molar-refractivity contribution is 5.96. The second-order valence-electron chi connectivity index (χ2n) is 8.82. The van der Waals surface area contributed by atoms with E-state index in [1.54, 1.807) is 50.8 Å². The Morgan fingerprint density at radius 1 is 0.800 bits per heavy atom. The second kappa shape index (κ2) is 11.7. The van der Waals surface area contributed by atoms with Crippen molar-refractivity contribution in [2.45, 2.75) is 6.29 Å². The van der Waals surface area contributed by atoms with Crippen molar-refractivity contribution < 1.29 is 34.0 Å². The maximum Gasteiger partial charge on any atom is 0.309 e. The van der Waals surface area contributed by atoms with Crippen molar-refractivity contribution >= 4 is 23.3 Å². The molecule has 0 bridgehead atoms. The summed E-state index contributed by atoms with van der Waals surface area (Å²) in [5, 5.41) is 31.4. The molecule has 1 aliphatic rings. The summed E-state index contributed by atoms with van der Waals surface area (Å²) in [6.07, 6.45) is 6.94. The molecule has 8 nitrogen and oxygen atoms in total. The number of phenolic OH excluding ortho intramolecular Hbond substituents is 2. The number of methoxy groups -OCH3 is 2. The first kappa shape index (κ1) is 26.5. The van der Waals surface area contributed by atoms with E-state index in [-0.39, 0.29) is 11.5 Å². The fourth-order valence-electron chi connectivity index (χ4n) is 4.59. The second-order valence-corrected chi connectivity index (χ2v) is 8.82. The number of hydrogen-bond donors (Lipinski definition) is 3. The molecule has 2 heterocycles. The van der Waals surface area contributed by atoms with Crippen LogP contribution >= 0.6 is 0 Å². The summed E-state index contributed by atoms with van der Waals surface area (Å²) in [6, 6.07) is 23.6. The van der Waals surface area contributed by atoms with E-state index in [2.05, 4.69) is 11.4 Å². The molecule has 0 saturated carbocycles. The van der Waals surface area contributed by atoms with Gasteiger partial charge in [-0.25, -0.2) is 0 Å². The molecule has 0 unspecified atom stereocenters. The van der Waals surface area contributed by atoms with Gasteiger partial charge in [-0.3, -0.25) is 4.74 Å². The quantitative estimate of drug-likeness (QED) is 0.0695. The summed E-state index contributed by atoms with van der Waals surface area (Å²) in [6.45, 7) is 0. The van der Waals surface area contributed by atoms with Crippen molar-refractivity contribution in [3.8, 4) is 39.5 Å². The average Bonchev–Trinajstić information content (AvgIpc) is 3.67. The Balaban J connectivity index is 0.000000162. The molecule has 0 spiro atoms. The third kappa shape index (κ3) is 5.23. The van der Waals surface area contributed by atoms with Crippen molar-refractivity contribution in [2.75, 3.05) is 14.2 Å². The van der Waals surface area contributed by atoms with Gasteiger partial charge in [0.1, 0.15) is 22.6 Å². The van der Waals surface area contributed by atoms with E-state index < -0.39 is 6.29 Å². The van der Waals surface area contributed by atoms with E-state index in [9.17, 15) is 10.2 Å². The van der Waals surface area contributed by atoms with Gasteiger partial charge in [-0.2, -0.15) is 0 Å². The van der Waals surface area contributed by atoms with Crippen LogP contribution in [0.2, 0.25) is 0 Å². The molecule has 0 saturated heterocycles. The molecule has 5 aromatic rings. The molecule has 1 aliphatic heterocycles. The third-order valence-electron chi connectivity index (χ3n) is 6.47. The molecule has 8 heteroatoms. The van der Waals surface area contributed by atoms with Gasteiger partial charge in [-0.1, -0.05) is 23.4 Å². The number of phenols is 2. The molecule has 0 radical (unpaired) electrons. The fourth-order valence-corrected chi connectivity index (χ4v) is 4.59. The highest BCUT2D eigenvalue weighted by Gasteiger charge is 2.28. The van der Waals surface area contributed by atoms with Gasteiger partial charge in [-0.15, -0.1) is 0 Å². The lowest BCUT2D eigenvalue weighted by Gasteiger charge is -2.15. The van der Waals surface area contributed by atoms with Gasteiger partial charge in [0.25, 0.3) is 0 Å². The zero-order chi connectivity index (χ0) is 28.1. The first-order valence-corrected chi connectivity index (χ1v) is 12.3. The van der Waals surface area contributed by atoms with Gasteiger partial charge < -0.3 is 29.3 Å². The lowest BCUT2D eigenvalue weighted by molar-refractivity contribution is -0.105. The Bertz CT molecular complexity index is 1660. The molecule has 3 N–H and O–H groups in total. The minimum absolute atomic E-state index is 0.225. The minimum atomic E-state index is -0.465. The number of fused-ring (bicyclic) bond motifs is 2. The van der Waals surface area contributed by atoms with E-state index in [1.165, 1.54) is 6.21 Å². The summed E-state index contributed by atoms with van der Waals surface area (Å²) < 4.78 is 21.5. The third-order valence-corrected chi connectivity index (χ3v) is 6.47. The Hall–Kier alpha value is -5.14. The van der Waals surface area contributed by atoms with Gasteiger partial charge in [0.15, 0.2) is 17.9 Å². The van der Waals surface area contributed by atoms with Crippen LogP contribution < -0.4 is 4.74 Å². The van der Waals surface area contributed by atoms with Crippen LogP contribution in [-0.2, 0) is 9.47 Å². The molecule has 1 aromatic heterocycles. The molecule has 4 aromatic carbocycles. The van der Waals surface area contributed by atoms with Crippen LogP contribution in [0.25, 0.3) is 39.3 Å². The molecule has 0 fully saturated rings. The maximum absolute atomic E-state index is 9.41. The number of rotatable bonds is 6. The molecule has 40 heavy (non-hydrogen) atoms. The number of oxime groups is 1.